The molecule has 3 aromatic rings. The first kappa shape index (κ1) is 21.0. The molecule has 0 bridgehead atoms. The first-order chi connectivity index (χ1) is 15.4. The van der Waals surface area contributed by atoms with Crippen molar-refractivity contribution < 1.29 is 18.7 Å². The third-order valence-electron chi connectivity index (χ3n) is 6.07. The number of aliphatic hydroxyl groups is 1. The number of anilines is 1. The molecular formula is C20H20ClF2N7O2. The Hall–Kier alpha value is -2.92. The molecule has 1 amide bonds. The van der Waals surface area contributed by atoms with E-state index in [1.165, 1.54) is 17.3 Å². The number of likely N-dealkylation sites (tertiary alicyclic amines) is 1. The summed E-state index contributed by atoms with van der Waals surface area (Å²) in [6, 6.07) is 0.170. The molecule has 0 unspecified atom stereocenters. The first-order valence-electron chi connectivity index (χ1n) is 10.3. The molecular weight excluding hydrogens is 444 g/mol. The predicted molar refractivity (Wildman–Crippen MR) is 111 cm³/mol. The fraction of sp³-hybridized carbons (Fsp3) is 0.450. The fourth-order valence-corrected chi connectivity index (χ4v) is 4.75. The van der Waals surface area contributed by atoms with Gasteiger partial charge in [0.1, 0.15) is 35.0 Å². The standard InChI is InChI=1S/C20H20ClF2N7O2/c21-17-11(4-9(22)6-24-17)13-5-10(23)7-30(13)20(32)16-15-18(25-8-26-19(15)29-28-16)27-12-2-1-3-14(12)31/h4,6,8,10,12-14,31H,1-3,5,7H2,(H2,25,26,27,28,29)/t10-,12+,13+,14+/m0/s1. The van der Waals surface area contributed by atoms with Crippen molar-refractivity contribution in [2.24, 2.45) is 0 Å². The van der Waals surface area contributed by atoms with E-state index < -0.39 is 30.0 Å². The van der Waals surface area contributed by atoms with Gasteiger partial charge in [-0.05, 0) is 25.3 Å². The van der Waals surface area contributed by atoms with Crippen LogP contribution in [0, 0.1) is 5.82 Å². The van der Waals surface area contributed by atoms with Gasteiger partial charge in [0.2, 0.25) is 0 Å². The average molecular weight is 464 g/mol. The first-order valence-corrected chi connectivity index (χ1v) is 10.7. The molecule has 12 heteroatoms. The second-order valence-electron chi connectivity index (χ2n) is 8.11. The molecule has 0 spiro atoms. The largest absolute Gasteiger partial charge is 0.391 e. The highest BCUT2D eigenvalue weighted by Crippen LogP contribution is 2.38. The third kappa shape index (κ3) is 3.65. The highest BCUT2D eigenvalue weighted by atomic mass is 35.5. The Labute approximate surface area is 186 Å². The Kier molecular flexibility index (Phi) is 5.38. The van der Waals surface area contributed by atoms with Crippen molar-refractivity contribution in [3.63, 3.8) is 0 Å². The van der Waals surface area contributed by atoms with Gasteiger partial charge in [-0.1, -0.05) is 11.6 Å². The molecule has 2 aliphatic rings. The van der Waals surface area contributed by atoms with E-state index in [1.54, 1.807) is 0 Å². The van der Waals surface area contributed by atoms with Crippen molar-refractivity contribution in [1.29, 1.82) is 0 Å². The molecule has 3 aromatic heterocycles. The SMILES string of the molecule is O=C(c1[nH]nc2ncnc(N[C@@H]3CCC[C@H]3O)c12)N1C[C@@H](F)C[C@@H]1c1cc(F)cnc1Cl. The number of alkyl halides is 1. The summed E-state index contributed by atoms with van der Waals surface area (Å²) in [5.74, 6) is -0.806. The lowest BCUT2D eigenvalue weighted by atomic mass is 10.1. The molecule has 1 aliphatic heterocycles. The van der Waals surface area contributed by atoms with E-state index in [-0.39, 0.29) is 41.1 Å². The molecule has 1 aliphatic carbocycles. The Morgan fingerprint density at radius 2 is 2.16 bits per heavy atom. The number of aliphatic hydroxyl groups excluding tert-OH is 1. The van der Waals surface area contributed by atoms with Crippen molar-refractivity contribution in [3.8, 4) is 0 Å². The van der Waals surface area contributed by atoms with E-state index in [0.717, 1.165) is 19.0 Å². The van der Waals surface area contributed by atoms with Crippen molar-refractivity contribution in [2.75, 3.05) is 11.9 Å². The molecule has 0 aromatic carbocycles. The molecule has 2 fully saturated rings. The van der Waals surface area contributed by atoms with Crippen LogP contribution in [0.2, 0.25) is 5.15 Å². The van der Waals surface area contributed by atoms with Crippen molar-refractivity contribution in [3.05, 3.63) is 40.8 Å². The van der Waals surface area contributed by atoms with Crippen molar-refractivity contribution in [2.45, 2.75) is 50.0 Å². The van der Waals surface area contributed by atoms with Gasteiger partial charge in [0.15, 0.2) is 5.65 Å². The molecule has 5 rings (SSSR count). The van der Waals surface area contributed by atoms with E-state index in [9.17, 15) is 18.7 Å². The molecule has 1 saturated carbocycles. The second-order valence-corrected chi connectivity index (χ2v) is 8.47. The van der Waals surface area contributed by atoms with Crippen LogP contribution in [0.25, 0.3) is 11.0 Å². The van der Waals surface area contributed by atoms with Crippen molar-refractivity contribution >= 4 is 34.4 Å². The van der Waals surface area contributed by atoms with Gasteiger partial charge in [-0.15, -0.1) is 0 Å². The normalized spacial score (nSPS) is 25.6. The molecule has 3 N–H and O–H groups in total. The number of aromatic nitrogens is 5. The topological polar surface area (TPSA) is 120 Å². The number of H-pyrrole nitrogens is 1. The van der Waals surface area contributed by atoms with Crippen LogP contribution in [0.4, 0.5) is 14.6 Å². The van der Waals surface area contributed by atoms with Crippen LogP contribution in [0.5, 0.6) is 0 Å². The van der Waals surface area contributed by atoms with E-state index in [2.05, 4.69) is 30.5 Å². The number of pyridine rings is 1. The smallest absolute Gasteiger partial charge is 0.273 e. The Morgan fingerprint density at radius 3 is 2.94 bits per heavy atom. The zero-order chi connectivity index (χ0) is 22.4. The highest BCUT2D eigenvalue weighted by Gasteiger charge is 2.40. The number of carbonyl (C=O) groups is 1. The van der Waals surface area contributed by atoms with Crippen LogP contribution in [0.1, 0.15) is 47.8 Å². The second kappa shape index (κ2) is 8.21. The van der Waals surface area contributed by atoms with Crippen LogP contribution in [0.3, 0.4) is 0 Å². The average Bonchev–Trinajstić information content (AvgIpc) is 3.48. The number of halogens is 3. The molecule has 0 radical (unpaired) electrons. The summed E-state index contributed by atoms with van der Waals surface area (Å²) in [6.07, 6.45) is 2.74. The van der Waals surface area contributed by atoms with Gasteiger partial charge in [0.25, 0.3) is 5.91 Å². The minimum absolute atomic E-state index is 0.0127. The molecule has 32 heavy (non-hydrogen) atoms. The Bertz CT molecular complexity index is 1180. The maximum absolute atomic E-state index is 14.4. The number of nitrogens with one attached hydrogen (secondary N) is 2. The monoisotopic (exact) mass is 463 g/mol. The summed E-state index contributed by atoms with van der Waals surface area (Å²) < 4.78 is 28.2. The summed E-state index contributed by atoms with van der Waals surface area (Å²) in [5.41, 5.74) is 0.583. The van der Waals surface area contributed by atoms with E-state index in [4.69, 9.17) is 11.6 Å². The Morgan fingerprint density at radius 1 is 1.31 bits per heavy atom. The zero-order valence-electron chi connectivity index (χ0n) is 16.8. The minimum atomic E-state index is -1.31. The summed E-state index contributed by atoms with van der Waals surface area (Å²) in [7, 11) is 0. The predicted octanol–water partition coefficient (Wildman–Crippen LogP) is 2.79. The molecule has 1 saturated heterocycles. The number of amides is 1. The molecule has 4 heterocycles. The van der Waals surface area contributed by atoms with Gasteiger partial charge >= 0.3 is 0 Å². The number of nitrogens with zero attached hydrogens (tertiary/aromatic N) is 5. The van der Waals surface area contributed by atoms with E-state index >= 15 is 0 Å². The Balaban J connectivity index is 1.52. The summed E-state index contributed by atoms with van der Waals surface area (Å²) >= 11 is 6.14. The highest BCUT2D eigenvalue weighted by molar-refractivity contribution is 6.30. The number of aromatic amines is 1. The van der Waals surface area contributed by atoms with Crippen LogP contribution in [-0.2, 0) is 0 Å². The van der Waals surface area contributed by atoms with Crippen LogP contribution >= 0.6 is 11.6 Å². The quantitative estimate of drug-likeness (QED) is 0.509. The number of carbonyl (C=O) groups excluding carboxylic acids is 1. The van der Waals surface area contributed by atoms with Crippen molar-refractivity contribution in [1.82, 2.24) is 30.0 Å². The fourth-order valence-electron chi connectivity index (χ4n) is 4.52. The summed E-state index contributed by atoms with van der Waals surface area (Å²) in [5, 5.41) is 20.5. The number of rotatable bonds is 4. The molecule has 9 nitrogen and oxygen atoms in total. The van der Waals surface area contributed by atoms with E-state index in [0.29, 0.717) is 17.6 Å². The van der Waals surface area contributed by atoms with Crippen LogP contribution in [0.15, 0.2) is 18.6 Å². The zero-order valence-corrected chi connectivity index (χ0v) is 17.6. The van der Waals surface area contributed by atoms with Crippen LogP contribution < -0.4 is 5.32 Å². The number of hydrogen-bond acceptors (Lipinski definition) is 7. The lowest BCUT2D eigenvalue weighted by Crippen LogP contribution is -2.32. The lowest BCUT2D eigenvalue weighted by Gasteiger charge is -2.25. The molecule has 168 valence electrons. The van der Waals surface area contributed by atoms with Gasteiger partial charge in [-0.3, -0.25) is 9.89 Å². The third-order valence-corrected chi connectivity index (χ3v) is 6.38. The number of hydrogen-bond donors (Lipinski definition) is 3. The lowest BCUT2D eigenvalue weighted by molar-refractivity contribution is 0.0724. The van der Waals surface area contributed by atoms with Gasteiger partial charge in [-0.2, -0.15) is 5.10 Å². The number of fused-ring (bicyclic) bond motifs is 1. The minimum Gasteiger partial charge on any atom is -0.391 e. The van der Waals surface area contributed by atoms with E-state index in [1.807, 2.05) is 0 Å². The summed E-state index contributed by atoms with van der Waals surface area (Å²) in [6.45, 7) is -0.186. The molecule has 4 atom stereocenters. The maximum atomic E-state index is 14.4. The van der Waals surface area contributed by atoms with Gasteiger partial charge in [-0.25, -0.2) is 23.7 Å². The van der Waals surface area contributed by atoms with Crippen LogP contribution in [-0.4, -0.2) is 65.9 Å². The van der Waals surface area contributed by atoms with Gasteiger partial charge < -0.3 is 15.3 Å². The van der Waals surface area contributed by atoms with Gasteiger partial charge in [0.05, 0.1) is 36.3 Å². The summed E-state index contributed by atoms with van der Waals surface area (Å²) in [4.78, 5) is 26.9. The maximum Gasteiger partial charge on any atom is 0.273 e. The van der Waals surface area contributed by atoms with Gasteiger partial charge in [0, 0.05) is 12.0 Å².